The largest absolute Gasteiger partial charge is 0.489 e. The zero-order chi connectivity index (χ0) is 15.6. The summed E-state index contributed by atoms with van der Waals surface area (Å²) in [6.07, 6.45) is 0.786. The summed E-state index contributed by atoms with van der Waals surface area (Å²) in [5.41, 5.74) is 2.30. The molecule has 0 aliphatic rings. The van der Waals surface area contributed by atoms with Crippen molar-refractivity contribution in [3.05, 3.63) is 65.7 Å². The maximum atomic E-state index is 11.3. The van der Waals surface area contributed by atoms with Gasteiger partial charge >= 0.3 is 0 Å². The predicted molar refractivity (Wildman–Crippen MR) is 85.8 cm³/mol. The van der Waals surface area contributed by atoms with Gasteiger partial charge in [-0.15, -0.1) is 0 Å². The molecule has 0 unspecified atom stereocenters. The molecule has 0 aliphatic carbocycles. The van der Waals surface area contributed by atoms with Crippen LogP contribution in [-0.2, 0) is 22.6 Å². The van der Waals surface area contributed by atoms with E-state index in [-0.39, 0.29) is 12.5 Å². The first kappa shape index (κ1) is 16.0. The Morgan fingerprint density at radius 1 is 1.00 bits per heavy atom. The van der Waals surface area contributed by atoms with Crippen molar-refractivity contribution in [1.29, 1.82) is 0 Å². The number of amides is 1. The highest BCUT2D eigenvalue weighted by Gasteiger charge is 2.00. The molecule has 2 rings (SSSR count). The zero-order valence-electron chi connectivity index (χ0n) is 12.7. The number of methoxy groups -OCH3 is 1. The van der Waals surface area contributed by atoms with E-state index in [1.165, 1.54) is 7.11 Å². The fraction of sp³-hybridized carbons (Fsp3) is 0.278. The van der Waals surface area contributed by atoms with Crippen molar-refractivity contribution >= 4 is 5.91 Å². The summed E-state index contributed by atoms with van der Waals surface area (Å²) < 4.78 is 10.5. The van der Waals surface area contributed by atoms with Gasteiger partial charge in [-0.25, -0.2) is 0 Å². The van der Waals surface area contributed by atoms with E-state index in [0.717, 1.165) is 23.3 Å². The summed E-state index contributed by atoms with van der Waals surface area (Å²) in [5.74, 6) is 0.751. The van der Waals surface area contributed by atoms with E-state index >= 15 is 0 Å². The molecular weight excluding hydrogens is 278 g/mol. The fourth-order valence-corrected chi connectivity index (χ4v) is 2.02. The molecule has 22 heavy (non-hydrogen) atoms. The third-order valence-electron chi connectivity index (χ3n) is 3.18. The van der Waals surface area contributed by atoms with Gasteiger partial charge in [0.05, 0.1) is 0 Å². The van der Waals surface area contributed by atoms with E-state index in [1.54, 1.807) is 0 Å². The first-order chi connectivity index (χ1) is 10.8. The molecule has 0 aromatic heterocycles. The van der Waals surface area contributed by atoms with Crippen molar-refractivity contribution in [3.8, 4) is 5.75 Å². The van der Waals surface area contributed by atoms with Gasteiger partial charge in [0.1, 0.15) is 19.0 Å². The molecule has 0 radical (unpaired) electrons. The topological polar surface area (TPSA) is 47.6 Å². The van der Waals surface area contributed by atoms with Crippen molar-refractivity contribution in [2.45, 2.75) is 13.0 Å². The first-order valence-corrected chi connectivity index (χ1v) is 7.29. The maximum Gasteiger partial charge on any atom is 0.245 e. The maximum absolute atomic E-state index is 11.3. The Kier molecular flexibility index (Phi) is 6.45. The van der Waals surface area contributed by atoms with Crippen molar-refractivity contribution in [3.63, 3.8) is 0 Å². The summed E-state index contributed by atoms with van der Waals surface area (Å²) in [6, 6.07) is 18.0. The van der Waals surface area contributed by atoms with Gasteiger partial charge in [-0.05, 0) is 29.7 Å². The molecule has 0 atom stereocenters. The highest BCUT2D eigenvalue weighted by atomic mass is 16.5. The van der Waals surface area contributed by atoms with Crippen LogP contribution in [0.1, 0.15) is 11.1 Å². The van der Waals surface area contributed by atoms with Crippen LogP contribution in [0.2, 0.25) is 0 Å². The smallest absolute Gasteiger partial charge is 0.245 e. The van der Waals surface area contributed by atoms with Gasteiger partial charge in [-0.3, -0.25) is 4.79 Å². The Labute approximate surface area is 131 Å². The average molecular weight is 299 g/mol. The second-order valence-electron chi connectivity index (χ2n) is 4.95. The third-order valence-corrected chi connectivity index (χ3v) is 3.18. The summed E-state index contributed by atoms with van der Waals surface area (Å²) in [6.45, 7) is 1.27. The van der Waals surface area contributed by atoms with Gasteiger partial charge in [0, 0.05) is 13.7 Å². The van der Waals surface area contributed by atoms with Crippen LogP contribution in [-0.4, -0.2) is 26.2 Å². The molecule has 2 aromatic carbocycles. The summed E-state index contributed by atoms with van der Waals surface area (Å²) in [5, 5.41) is 2.80. The van der Waals surface area contributed by atoms with Crippen LogP contribution in [0.3, 0.4) is 0 Å². The van der Waals surface area contributed by atoms with E-state index in [0.29, 0.717) is 13.2 Å². The standard InChI is InChI=1S/C18H21NO3/c1-21-14-18(20)19-12-11-15-7-9-17(10-8-15)22-13-16-5-3-2-4-6-16/h2-10H,11-14H2,1H3,(H,19,20). The van der Waals surface area contributed by atoms with E-state index in [2.05, 4.69) is 5.32 Å². The fourth-order valence-electron chi connectivity index (χ4n) is 2.02. The minimum Gasteiger partial charge on any atom is -0.489 e. The quantitative estimate of drug-likeness (QED) is 0.815. The van der Waals surface area contributed by atoms with Crippen LogP contribution in [0.15, 0.2) is 54.6 Å². The molecule has 4 nitrogen and oxygen atoms in total. The molecule has 1 N–H and O–H groups in total. The molecule has 0 aliphatic heterocycles. The lowest BCUT2D eigenvalue weighted by atomic mass is 10.1. The third kappa shape index (κ3) is 5.58. The highest BCUT2D eigenvalue weighted by molar-refractivity contribution is 5.77. The summed E-state index contributed by atoms with van der Waals surface area (Å²) in [7, 11) is 1.51. The Hall–Kier alpha value is -2.33. The van der Waals surface area contributed by atoms with E-state index < -0.39 is 0 Å². The Morgan fingerprint density at radius 2 is 1.73 bits per heavy atom. The van der Waals surface area contributed by atoms with Crippen molar-refractivity contribution in [2.24, 2.45) is 0 Å². The molecule has 0 saturated heterocycles. The van der Waals surface area contributed by atoms with Gasteiger partial charge in [-0.2, -0.15) is 0 Å². The Morgan fingerprint density at radius 3 is 2.41 bits per heavy atom. The number of hydrogen-bond acceptors (Lipinski definition) is 3. The lowest BCUT2D eigenvalue weighted by Gasteiger charge is -2.08. The minimum absolute atomic E-state index is 0.0923. The number of benzene rings is 2. The molecule has 2 aromatic rings. The van der Waals surface area contributed by atoms with Gasteiger partial charge in [-0.1, -0.05) is 42.5 Å². The van der Waals surface area contributed by atoms with Crippen molar-refractivity contribution in [2.75, 3.05) is 20.3 Å². The molecular formula is C18H21NO3. The Balaban J connectivity index is 1.74. The van der Waals surface area contributed by atoms with Crippen LogP contribution in [0.25, 0.3) is 0 Å². The van der Waals surface area contributed by atoms with Crippen LogP contribution in [0, 0.1) is 0 Å². The summed E-state index contributed by atoms with van der Waals surface area (Å²) in [4.78, 5) is 11.3. The number of ether oxygens (including phenoxy) is 2. The number of carbonyl (C=O) groups is 1. The predicted octanol–water partition coefficient (Wildman–Crippen LogP) is 2.57. The number of nitrogens with one attached hydrogen (secondary N) is 1. The first-order valence-electron chi connectivity index (χ1n) is 7.29. The average Bonchev–Trinajstić information content (AvgIpc) is 2.55. The SMILES string of the molecule is COCC(=O)NCCc1ccc(OCc2ccccc2)cc1. The molecule has 0 fully saturated rings. The normalized spacial score (nSPS) is 10.2. The molecule has 0 saturated carbocycles. The van der Waals surface area contributed by atoms with Crippen LogP contribution in [0.4, 0.5) is 0 Å². The number of rotatable bonds is 8. The monoisotopic (exact) mass is 299 g/mol. The van der Waals surface area contributed by atoms with E-state index in [4.69, 9.17) is 9.47 Å². The number of hydrogen-bond donors (Lipinski definition) is 1. The molecule has 0 heterocycles. The second-order valence-corrected chi connectivity index (χ2v) is 4.95. The van der Waals surface area contributed by atoms with Gasteiger partial charge in [0.15, 0.2) is 0 Å². The second kappa shape index (κ2) is 8.85. The Bertz CT molecular complexity index is 567. The molecule has 0 spiro atoms. The van der Waals surface area contributed by atoms with Crippen molar-refractivity contribution < 1.29 is 14.3 Å². The van der Waals surface area contributed by atoms with Gasteiger partial charge in [0.25, 0.3) is 0 Å². The molecule has 116 valence electrons. The van der Waals surface area contributed by atoms with E-state index in [9.17, 15) is 4.79 Å². The van der Waals surface area contributed by atoms with E-state index in [1.807, 2.05) is 54.6 Å². The van der Waals surface area contributed by atoms with Crippen LogP contribution >= 0.6 is 0 Å². The van der Waals surface area contributed by atoms with Gasteiger partial charge < -0.3 is 14.8 Å². The van der Waals surface area contributed by atoms with Crippen molar-refractivity contribution in [1.82, 2.24) is 5.32 Å². The zero-order valence-corrected chi connectivity index (χ0v) is 12.7. The minimum atomic E-state index is -0.0923. The number of carbonyl (C=O) groups excluding carboxylic acids is 1. The van der Waals surface area contributed by atoms with Crippen LogP contribution < -0.4 is 10.1 Å². The lowest BCUT2D eigenvalue weighted by Crippen LogP contribution is -2.28. The lowest BCUT2D eigenvalue weighted by molar-refractivity contribution is -0.124. The highest BCUT2D eigenvalue weighted by Crippen LogP contribution is 2.14. The summed E-state index contributed by atoms with van der Waals surface area (Å²) >= 11 is 0. The van der Waals surface area contributed by atoms with Crippen LogP contribution in [0.5, 0.6) is 5.75 Å². The molecule has 1 amide bonds. The molecule has 4 heteroatoms. The van der Waals surface area contributed by atoms with Gasteiger partial charge in [0.2, 0.25) is 5.91 Å². The molecule has 0 bridgehead atoms.